The summed E-state index contributed by atoms with van der Waals surface area (Å²) in [6, 6.07) is 0. The van der Waals surface area contributed by atoms with E-state index in [9.17, 15) is 14.4 Å². The molecule has 1 unspecified atom stereocenters. The van der Waals surface area contributed by atoms with E-state index in [0.29, 0.717) is 19.3 Å². The molecule has 0 saturated heterocycles. The minimum atomic E-state index is -0.799. The van der Waals surface area contributed by atoms with Crippen molar-refractivity contribution in [3.63, 3.8) is 0 Å². The first-order valence-corrected chi connectivity index (χ1v) is 28.4. The van der Waals surface area contributed by atoms with E-state index in [4.69, 9.17) is 14.2 Å². The topological polar surface area (TPSA) is 78.9 Å². The molecule has 0 heterocycles. The van der Waals surface area contributed by atoms with Crippen molar-refractivity contribution < 1.29 is 28.6 Å². The lowest BCUT2D eigenvalue weighted by Gasteiger charge is -2.18. The summed E-state index contributed by atoms with van der Waals surface area (Å²) in [7, 11) is 0. The zero-order chi connectivity index (χ0) is 48.6. The summed E-state index contributed by atoms with van der Waals surface area (Å²) in [6.07, 6.45) is 70.4. The van der Waals surface area contributed by atoms with E-state index in [2.05, 4.69) is 93.7 Å². The Bertz CT molecular complexity index is 1260. The summed E-state index contributed by atoms with van der Waals surface area (Å²) >= 11 is 0. The number of hydrogen-bond acceptors (Lipinski definition) is 6. The highest BCUT2D eigenvalue weighted by molar-refractivity contribution is 5.71. The molecule has 0 aliphatic heterocycles. The number of esters is 3. The first-order chi connectivity index (χ1) is 33.0. The molecule has 0 aliphatic rings. The molecule has 0 bridgehead atoms. The van der Waals surface area contributed by atoms with E-state index in [1.807, 2.05) is 0 Å². The second kappa shape index (κ2) is 55.4. The van der Waals surface area contributed by atoms with Crippen molar-refractivity contribution in [1.82, 2.24) is 0 Å². The Labute approximate surface area is 414 Å². The van der Waals surface area contributed by atoms with E-state index in [1.165, 1.54) is 154 Å². The van der Waals surface area contributed by atoms with Gasteiger partial charge in [-0.15, -0.1) is 0 Å². The lowest BCUT2D eigenvalue weighted by molar-refractivity contribution is -0.167. The quantitative estimate of drug-likeness (QED) is 0.0262. The molecule has 67 heavy (non-hydrogen) atoms. The first-order valence-electron chi connectivity index (χ1n) is 28.4. The summed E-state index contributed by atoms with van der Waals surface area (Å²) in [4.78, 5) is 38.1. The van der Waals surface area contributed by atoms with Gasteiger partial charge in [0.2, 0.25) is 0 Å². The molecule has 0 spiro atoms. The molecule has 0 N–H and O–H groups in total. The lowest BCUT2D eigenvalue weighted by atomic mass is 10.0. The number of carbonyl (C=O) groups is 3. The molecule has 0 amide bonds. The average Bonchev–Trinajstić information content (AvgIpc) is 3.33. The van der Waals surface area contributed by atoms with Crippen LogP contribution in [0.1, 0.15) is 278 Å². The molecule has 0 aliphatic carbocycles. The van der Waals surface area contributed by atoms with Crippen LogP contribution in [-0.4, -0.2) is 37.2 Å². The standard InChI is InChI=1S/C61H106O6/c1-4-7-10-13-16-19-22-25-28-30-33-36-39-42-45-48-51-54-60(63)66-57-58(56-65-59(62)53-50-47-44-41-38-35-32-27-24-21-18-15-12-9-6-3)67-61(64)55-52-49-46-43-40-37-34-31-29-26-23-20-17-14-11-8-5-2/h7,10,16,19,25-26,28-29,33,36,42,45,58H,4-6,8-9,11-15,17-18,20-24,27,30-32,34-35,37-41,43-44,46-57H2,1-3H3/b10-7-,19-16-,28-25-,29-26-,36-33-,45-42-. The predicted octanol–water partition coefficient (Wildman–Crippen LogP) is 19.0. The van der Waals surface area contributed by atoms with Gasteiger partial charge in [-0.2, -0.15) is 0 Å². The second-order valence-electron chi connectivity index (χ2n) is 18.8. The Balaban J connectivity index is 4.46. The summed E-state index contributed by atoms with van der Waals surface area (Å²) in [5.41, 5.74) is 0. The van der Waals surface area contributed by atoms with Crippen LogP contribution in [-0.2, 0) is 28.6 Å². The van der Waals surface area contributed by atoms with Crippen LogP contribution in [0.5, 0.6) is 0 Å². The molecule has 0 aromatic heterocycles. The highest BCUT2D eigenvalue weighted by Crippen LogP contribution is 2.16. The Morgan fingerprint density at radius 3 is 0.985 bits per heavy atom. The molecule has 0 aromatic rings. The largest absolute Gasteiger partial charge is 0.462 e. The van der Waals surface area contributed by atoms with Gasteiger partial charge in [0.25, 0.3) is 0 Å². The van der Waals surface area contributed by atoms with Gasteiger partial charge < -0.3 is 14.2 Å². The van der Waals surface area contributed by atoms with Crippen molar-refractivity contribution in [1.29, 1.82) is 0 Å². The van der Waals surface area contributed by atoms with Gasteiger partial charge in [0.1, 0.15) is 13.2 Å². The number of rotatable bonds is 51. The van der Waals surface area contributed by atoms with Crippen LogP contribution in [0.2, 0.25) is 0 Å². The van der Waals surface area contributed by atoms with Crippen LogP contribution in [0, 0.1) is 0 Å². The van der Waals surface area contributed by atoms with Gasteiger partial charge in [-0.05, 0) is 83.5 Å². The summed E-state index contributed by atoms with van der Waals surface area (Å²) < 4.78 is 16.8. The predicted molar refractivity (Wildman–Crippen MR) is 288 cm³/mol. The van der Waals surface area contributed by atoms with Gasteiger partial charge >= 0.3 is 17.9 Å². The molecule has 0 fully saturated rings. The molecule has 0 aromatic carbocycles. The number of carbonyl (C=O) groups excluding carboxylic acids is 3. The summed E-state index contributed by atoms with van der Waals surface area (Å²) in [6.45, 7) is 6.49. The van der Waals surface area contributed by atoms with Crippen molar-refractivity contribution in [2.24, 2.45) is 0 Å². The van der Waals surface area contributed by atoms with Gasteiger partial charge in [0.05, 0.1) is 0 Å². The van der Waals surface area contributed by atoms with E-state index in [0.717, 1.165) is 77.0 Å². The number of allylic oxidation sites excluding steroid dienone is 12. The number of unbranched alkanes of at least 4 members (excludes halogenated alkanes) is 28. The number of hydrogen-bond donors (Lipinski definition) is 0. The fourth-order valence-electron chi connectivity index (χ4n) is 7.94. The van der Waals surface area contributed by atoms with Crippen molar-refractivity contribution in [2.75, 3.05) is 13.2 Å². The molecule has 0 radical (unpaired) electrons. The van der Waals surface area contributed by atoms with Crippen molar-refractivity contribution in [2.45, 2.75) is 284 Å². The third-order valence-corrected chi connectivity index (χ3v) is 12.2. The molecule has 1 atom stereocenters. The smallest absolute Gasteiger partial charge is 0.306 e. The summed E-state index contributed by atoms with van der Waals surface area (Å²) in [5.74, 6) is -0.948. The highest BCUT2D eigenvalue weighted by atomic mass is 16.6. The molecule has 0 saturated carbocycles. The molecular weight excluding hydrogens is 829 g/mol. The van der Waals surface area contributed by atoms with Gasteiger partial charge in [0, 0.05) is 19.3 Å². The van der Waals surface area contributed by atoms with Gasteiger partial charge in [-0.25, -0.2) is 0 Å². The second-order valence-corrected chi connectivity index (χ2v) is 18.8. The van der Waals surface area contributed by atoms with Gasteiger partial charge in [-0.3, -0.25) is 14.4 Å². The number of ether oxygens (including phenoxy) is 3. The highest BCUT2D eigenvalue weighted by Gasteiger charge is 2.19. The minimum absolute atomic E-state index is 0.0924. The Kier molecular flexibility index (Phi) is 52.8. The van der Waals surface area contributed by atoms with Crippen LogP contribution in [0.25, 0.3) is 0 Å². The van der Waals surface area contributed by atoms with Crippen LogP contribution in [0.3, 0.4) is 0 Å². The van der Waals surface area contributed by atoms with Crippen LogP contribution >= 0.6 is 0 Å². The van der Waals surface area contributed by atoms with Crippen LogP contribution in [0.4, 0.5) is 0 Å². The average molecular weight is 936 g/mol. The Morgan fingerprint density at radius 1 is 0.313 bits per heavy atom. The monoisotopic (exact) mass is 935 g/mol. The fraction of sp³-hybridized carbons (Fsp3) is 0.754. The van der Waals surface area contributed by atoms with Gasteiger partial charge in [-0.1, -0.05) is 248 Å². The molecule has 0 rings (SSSR count). The summed E-state index contributed by atoms with van der Waals surface area (Å²) in [5, 5.41) is 0. The maximum Gasteiger partial charge on any atom is 0.306 e. The lowest BCUT2D eigenvalue weighted by Crippen LogP contribution is -2.30. The van der Waals surface area contributed by atoms with Gasteiger partial charge in [0.15, 0.2) is 6.10 Å². The van der Waals surface area contributed by atoms with Crippen molar-refractivity contribution in [3.05, 3.63) is 72.9 Å². The minimum Gasteiger partial charge on any atom is -0.462 e. The molecule has 6 nitrogen and oxygen atoms in total. The maximum absolute atomic E-state index is 12.8. The van der Waals surface area contributed by atoms with Crippen molar-refractivity contribution in [3.8, 4) is 0 Å². The van der Waals surface area contributed by atoms with E-state index in [1.54, 1.807) is 0 Å². The Hall–Kier alpha value is -3.15. The normalized spacial score (nSPS) is 12.6. The first kappa shape index (κ1) is 63.8. The van der Waals surface area contributed by atoms with Crippen LogP contribution < -0.4 is 0 Å². The van der Waals surface area contributed by atoms with E-state index < -0.39 is 6.10 Å². The van der Waals surface area contributed by atoms with Crippen molar-refractivity contribution >= 4 is 17.9 Å². The zero-order valence-electron chi connectivity index (χ0n) is 44.2. The molecule has 386 valence electrons. The van der Waals surface area contributed by atoms with E-state index in [-0.39, 0.29) is 37.5 Å². The maximum atomic E-state index is 12.8. The third-order valence-electron chi connectivity index (χ3n) is 12.2. The molecule has 6 heteroatoms. The fourth-order valence-corrected chi connectivity index (χ4v) is 7.94. The van der Waals surface area contributed by atoms with Crippen LogP contribution in [0.15, 0.2) is 72.9 Å². The zero-order valence-corrected chi connectivity index (χ0v) is 44.2. The molecular formula is C61H106O6. The van der Waals surface area contributed by atoms with E-state index >= 15 is 0 Å². The Morgan fingerprint density at radius 2 is 0.597 bits per heavy atom. The SMILES string of the molecule is CC/C=C\C/C=C\C/C=C\C/C=C\C/C=C\CCCC(=O)OCC(COC(=O)CCCCCCCCCCCCCCCCC)OC(=O)CCCCCCCCC/C=C\CCCCCCCC. The third kappa shape index (κ3) is 53.7.